The van der Waals surface area contributed by atoms with Crippen LogP contribution >= 0.6 is 0 Å². The van der Waals surface area contributed by atoms with Crippen LogP contribution < -0.4 is 0 Å². The van der Waals surface area contributed by atoms with Crippen molar-refractivity contribution in [2.75, 3.05) is 0 Å². The van der Waals surface area contributed by atoms with Crippen molar-refractivity contribution in [2.45, 2.75) is 19.1 Å². The van der Waals surface area contributed by atoms with Gasteiger partial charge in [0.15, 0.2) is 5.82 Å². The molecule has 0 aliphatic heterocycles. The smallest absolute Gasteiger partial charge is 0.156 e. The lowest BCUT2D eigenvalue weighted by molar-refractivity contribution is 0.536. The normalized spacial score (nSPS) is 12.3. The van der Waals surface area contributed by atoms with E-state index < -0.39 is 11.1 Å². The van der Waals surface area contributed by atoms with Crippen molar-refractivity contribution in [3.8, 4) is 22.6 Å². The van der Waals surface area contributed by atoms with Gasteiger partial charge in [-0.05, 0) is 35.7 Å². The molecule has 0 radical (unpaired) electrons. The first kappa shape index (κ1) is 15.5. The van der Waals surface area contributed by atoms with E-state index in [0.29, 0.717) is 11.4 Å². The molecule has 0 saturated heterocycles. The van der Waals surface area contributed by atoms with Crippen LogP contribution in [-0.4, -0.2) is 28.7 Å². The molecule has 0 aliphatic carbocycles. The first-order valence-electron chi connectivity index (χ1n) is 7.16. The highest BCUT2D eigenvalue weighted by molar-refractivity contribution is 7.78. The van der Waals surface area contributed by atoms with Gasteiger partial charge in [0.25, 0.3) is 0 Å². The Balaban J connectivity index is 1.94. The third kappa shape index (κ3) is 3.69. The second-order valence-electron chi connectivity index (χ2n) is 5.07. The number of nitrogens with zero attached hydrogens (tertiary/aromatic N) is 3. The number of rotatable bonds is 5. The van der Waals surface area contributed by atoms with Crippen molar-refractivity contribution in [1.29, 1.82) is 0 Å². The highest BCUT2D eigenvalue weighted by Gasteiger charge is 2.07. The average molecular weight is 327 g/mol. The van der Waals surface area contributed by atoms with Crippen LogP contribution in [0.4, 0.5) is 0 Å². The average Bonchev–Trinajstić information content (AvgIpc) is 3.04. The van der Waals surface area contributed by atoms with Gasteiger partial charge in [0.1, 0.15) is 5.69 Å². The van der Waals surface area contributed by atoms with Crippen molar-refractivity contribution in [3.63, 3.8) is 0 Å². The standard InChI is InChI=1S/C16H16N4O2S/c1-2-14-9-19-16(20-14)15-6-12(3-4-18-15)13-5-11(7-17-8-13)10-23(21)22/h3-9H,2,10H2,1H3,(H,19,20)(H,21,22)/p-1. The van der Waals surface area contributed by atoms with Crippen LogP contribution in [0.1, 0.15) is 18.2 Å². The van der Waals surface area contributed by atoms with E-state index >= 15 is 0 Å². The molecule has 23 heavy (non-hydrogen) atoms. The fourth-order valence-electron chi connectivity index (χ4n) is 2.27. The zero-order valence-corrected chi connectivity index (χ0v) is 13.3. The Labute approximate surface area is 136 Å². The molecule has 0 aliphatic rings. The van der Waals surface area contributed by atoms with E-state index in [4.69, 9.17) is 0 Å². The highest BCUT2D eigenvalue weighted by atomic mass is 32.2. The lowest BCUT2D eigenvalue weighted by Gasteiger charge is -2.07. The summed E-state index contributed by atoms with van der Waals surface area (Å²) >= 11 is -2.13. The molecular formula is C16H15N4O2S-. The predicted molar refractivity (Wildman–Crippen MR) is 87.1 cm³/mol. The van der Waals surface area contributed by atoms with Crippen LogP contribution in [0.15, 0.2) is 43.0 Å². The molecule has 7 heteroatoms. The number of imidazole rings is 1. The van der Waals surface area contributed by atoms with Gasteiger partial charge >= 0.3 is 0 Å². The van der Waals surface area contributed by atoms with Crippen molar-refractivity contribution in [1.82, 2.24) is 19.9 Å². The maximum Gasteiger partial charge on any atom is 0.156 e. The van der Waals surface area contributed by atoms with Crippen LogP contribution in [0.2, 0.25) is 0 Å². The second-order valence-corrected chi connectivity index (χ2v) is 5.97. The van der Waals surface area contributed by atoms with E-state index in [-0.39, 0.29) is 5.75 Å². The number of hydrogen-bond donors (Lipinski definition) is 1. The molecule has 0 amide bonds. The van der Waals surface area contributed by atoms with E-state index in [1.807, 2.05) is 18.2 Å². The molecule has 1 unspecified atom stereocenters. The summed E-state index contributed by atoms with van der Waals surface area (Å²) in [6, 6.07) is 5.59. The number of aryl methyl sites for hydroxylation is 1. The van der Waals surface area contributed by atoms with Crippen LogP contribution in [-0.2, 0) is 23.3 Å². The first-order valence-corrected chi connectivity index (χ1v) is 8.40. The van der Waals surface area contributed by atoms with Crippen molar-refractivity contribution in [3.05, 3.63) is 54.2 Å². The molecule has 0 fully saturated rings. The molecule has 0 spiro atoms. The summed E-state index contributed by atoms with van der Waals surface area (Å²) in [4.78, 5) is 16.0. The molecule has 3 rings (SSSR count). The van der Waals surface area contributed by atoms with Gasteiger partial charge in [-0.1, -0.05) is 18.0 Å². The van der Waals surface area contributed by atoms with Crippen LogP contribution in [0.3, 0.4) is 0 Å². The fraction of sp³-hybridized carbons (Fsp3) is 0.188. The minimum absolute atomic E-state index is 0.0448. The quantitative estimate of drug-likeness (QED) is 0.726. The minimum Gasteiger partial charge on any atom is -0.772 e. The van der Waals surface area contributed by atoms with Gasteiger partial charge in [0.2, 0.25) is 0 Å². The Bertz CT molecular complexity index is 847. The number of aromatic nitrogens is 4. The zero-order chi connectivity index (χ0) is 16.2. The Morgan fingerprint density at radius 2 is 2.04 bits per heavy atom. The van der Waals surface area contributed by atoms with Gasteiger partial charge in [-0.15, -0.1) is 0 Å². The van der Waals surface area contributed by atoms with Gasteiger partial charge in [0.05, 0.1) is 0 Å². The Kier molecular flexibility index (Phi) is 4.59. The maximum absolute atomic E-state index is 10.8. The molecule has 118 valence electrons. The highest BCUT2D eigenvalue weighted by Crippen LogP contribution is 2.23. The van der Waals surface area contributed by atoms with E-state index in [1.165, 1.54) is 0 Å². The summed E-state index contributed by atoms with van der Waals surface area (Å²) in [6.45, 7) is 2.05. The molecule has 0 saturated carbocycles. The van der Waals surface area contributed by atoms with Crippen molar-refractivity contribution >= 4 is 11.1 Å². The number of nitrogens with one attached hydrogen (secondary N) is 1. The van der Waals surface area contributed by atoms with E-state index in [1.54, 1.807) is 24.8 Å². The molecule has 6 nitrogen and oxygen atoms in total. The number of pyridine rings is 2. The van der Waals surface area contributed by atoms with Gasteiger partial charge in [0, 0.05) is 41.8 Å². The number of aromatic amines is 1. The van der Waals surface area contributed by atoms with E-state index in [2.05, 4.69) is 26.9 Å². The molecule has 3 aromatic heterocycles. The summed E-state index contributed by atoms with van der Waals surface area (Å²) in [5.74, 6) is 0.671. The largest absolute Gasteiger partial charge is 0.772 e. The summed E-state index contributed by atoms with van der Waals surface area (Å²) < 4.78 is 21.7. The van der Waals surface area contributed by atoms with Crippen LogP contribution in [0.25, 0.3) is 22.6 Å². The van der Waals surface area contributed by atoms with Gasteiger partial charge < -0.3 is 9.54 Å². The van der Waals surface area contributed by atoms with Gasteiger partial charge in [-0.3, -0.25) is 14.2 Å². The third-order valence-electron chi connectivity index (χ3n) is 3.42. The lowest BCUT2D eigenvalue weighted by atomic mass is 10.1. The summed E-state index contributed by atoms with van der Waals surface area (Å²) in [5, 5.41) is 0. The van der Waals surface area contributed by atoms with Crippen LogP contribution in [0.5, 0.6) is 0 Å². The molecule has 1 atom stereocenters. The second kappa shape index (κ2) is 6.80. The number of H-pyrrole nitrogens is 1. The molecule has 3 aromatic rings. The van der Waals surface area contributed by atoms with E-state index in [9.17, 15) is 8.76 Å². The maximum atomic E-state index is 10.8. The molecule has 0 bridgehead atoms. The number of hydrogen-bond acceptors (Lipinski definition) is 5. The molecular weight excluding hydrogens is 312 g/mol. The minimum atomic E-state index is -2.13. The summed E-state index contributed by atoms with van der Waals surface area (Å²) in [5.41, 5.74) is 4.20. The monoisotopic (exact) mass is 327 g/mol. The van der Waals surface area contributed by atoms with E-state index in [0.717, 1.165) is 28.9 Å². The lowest BCUT2D eigenvalue weighted by Crippen LogP contribution is -1.95. The van der Waals surface area contributed by atoms with Gasteiger partial charge in [-0.25, -0.2) is 4.98 Å². The zero-order valence-electron chi connectivity index (χ0n) is 12.5. The van der Waals surface area contributed by atoms with Crippen molar-refractivity contribution in [2.24, 2.45) is 0 Å². The third-order valence-corrected chi connectivity index (χ3v) is 3.99. The summed E-state index contributed by atoms with van der Waals surface area (Å²) in [6.07, 6.45) is 7.65. The Morgan fingerprint density at radius 1 is 1.17 bits per heavy atom. The Morgan fingerprint density at radius 3 is 2.78 bits per heavy atom. The topological polar surface area (TPSA) is 94.6 Å². The first-order chi connectivity index (χ1) is 11.2. The fourth-order valence-corrected chi connectivity index (χ4v) is 2.70. The molecule has 0 aromatic carbocycles. The predicted octanol–water partition coefficient (Wildman–Crippen LogP) is 2.48. The SMILES string of the molecule is CCc1cnc(-c2cc(-c3cncc(CS(=O)[O-])c3)ccn2)[nH]1. The molecule has 1 N–H and O–H groups in total. The van der Waals surface area contributed by atoms with Crippen molar-refractivity contribution < 1.29 is 8.76 Å². The molecule has 3 heterocycles. The van der Waals surface area contributed by atoms with Gasteiger partial charge in [-0.2, -0.15) is 0 Å². The summed E-state index contributed by atoms with van der Waals surface area (Å²) in [7, 11) is 0. The van der Waals surface area contributed by atoms with Crippen LogP contribution in [0, 0.1) is 0 Å². The Hall–Kier alpha value is -2.38.